The third kappa shape index (κ3) is 3.07. The molecule has 0 aliphatic heterocycles. The molecule has 0 unspecified atom stereocenters. The molecule has 0 spiro atoms. The molecule has 3 aromatic carbocycles. The molecule has 0 amide bonds. The highest BCUT2D eigenvalue weighted by molar-refractivity contribution is 9.10. The van der Waals surface area contributed by atoms with E-state index in [0.717, 1.165) is 26.5 Å². The van der Waals surface area contributed by atoms with Crippen LogP contribution in [0.5, 0.6) is 0 Å². The molecule has 0 fully saturated rings. The van der Waals surface area contributed by atoms with Crippen molar-refractivity contribution in [3.63, 3.8) is 0 Å². The minimum absolute atomic E-state index is 0.208. The fourth-order valence-electron chi connectivity index (χ4n) is 3.42. The lowest BCUT2D eigenvalue weighted by Gasteiger charge is -2.08. The van der Waals surface area contributed by atoms with Gasteiger partial charge in [0.15, 0.2) is 5.76 Å². The molecule has 0 saturated heterocycles. The van der Waals surface area contributed by atoms with Crippen LogP contribution in [-0.4, -0.2) is 21.2 Å². The molecule has 140 valence electrons. The van der Waals surface area contributed by atoms with E-state index < -0.39 is 5.97 Å². The molecule has 5 nitrogen and oxygen atoms in total. The van der Waals surface area contributed by atoms with Crippen molar-refractivity contribution in [2.75, 3.05) is 0 Å². The zero-order valence-electron chi connectivity index (χ0n) is 15.0. The van der Waals surface area contributed by atoms with Crippen LogP contribution in [0.25, 0.3) is 44.4 Å². The van der Waals surface area contributed by atoms with Gasteiger partial charge in [-0.15, -0.1) is 0 Å². The minimum atomic E-state index is -0.993. The van der Waals surface area contributed by atoms with Gasteiger partial charge in [0.25, 0.3) is 0 Å². The zero-order chi connectivity index (χ0) is 20.0. The Morgan fingerprint density at radius 2 is 1.66 bits per heavy atom. The number of carboxylic acids is 1. The van der Waals surface area contributed by atoms with Gasteiger partial charge in [0.2, 0.25) is 0 Å². The molecular weight excluding hydrogens is 432 g/mol. The van der Waals surface area contributed by atoms with Crippen molar-refractivity contribution >= 4 is 43.7 Å². The van der Waals surface area contributed by atoms with Crippen molar-refractivity contribution in [1.29, 1.82) is 0 Å². The van der Waals surface area contributed by atoms with E-state index in [1.807, 2.05) is 60.7 Å². The van der Waals surface area contributed by atoms with E-state index in [1.54, 1.807) is 12.1 Å². The monoisotopic (exact) mass is 444 g/mol. The molecule has 2 aromatic heterocycles. The van der Waals surface area contributed by atoms with E-state index >= 15 is 0 Å². The molecule has 0 aliphatic carbocycles. The Morgan fingerprint density at radius 1 is 0.862 bits per heavy atom. The molecule has 0 atom stereocenters. The Labute approximate surface area is 173 Å². The Balaban J connectivity index is 1.72. The van der Waals surface area contributed by atoms with Crippen molar-refractivity contribution < 1.29 is 14.4 Å². The molecule has 0 bridgehead atoms. The van der Waals surface area contributed by atoms with Crippen LogP contribution >= 0.6 is 15.9 Å². The first-order chi connectivity index (χ1) is 14.1. The van der Waals surface area contributed by atoms with Gasteiger partial charge >= 0.3 is 5.97 Å². The summed E-state index contributed by atoms with van der Waals surface area (Å²) < 4.78 is 6.37. The fraction of sp³-hybridized carbons (Fsp3) is 0. The lowest BCUT2D eigenvalue weighted by molar-refractivity contribution is 0.0699. The van der Waals surface area contributed by atoms with Crippen LogP contribution in [0.3, 0.4) is 0 Å². The summed E-state index contributed by atoms with van der Waals surface area (Å²) in [4.78, 5) is 16.5. The number of nitrogens with zero attached hydrogens (tertiary/aromatic N) is 2. The van der Waals surface area contributed by atoms with Crippen molar-refractivity contribution in [1.82, 2.24) is 10.1 Å². The van der Waals surface area contributed by atoms with Crippen LogP contribution in [0.4, 0.5) is 0 Å². The van der Waals surface area contributed by atoms with E-state index in [1.165, 1.54) is 0 Å². The largest absolute Gasteiger partial charge is 0.478 e. The summed E-state index contributed by atoms with van der Waals surface area (Å²) in [6.07, 6.45) is 0. The average molecular weight is 445 g/mol. The second-order valence-corrected chi connectivity index (χ2v) is 7.55. The highest BCUT2D eigenvalue weighted by Gasteiger charge is 2.16. The number of aromatic carboxylic acids is 1. The Hall–Kier alpha value is -3.51. The Bertz CT molecular complexity index is 1390. The molecule has 1 N–H and O–H groups in total. The van der Waals surface area contributed by atoms with Crippen LogP contribution in [-0.2, 0) is 0 Å². The summed E-state index contributed by atoms with van der Waals surface area (Å²) >= 11 is 3.39. The first kappa shape index (κ1) is 17.6. The summed E-state index contributed by atoms with van der Waals surface area (Å²) in [7, 11) is 0. The normalized spacial score (nSPS) is 11.2. The topological polar surface area (TPSA) is 76.2 Å². The summed E-state index contributed by atoms with van der Waals surface area (Å²) in [5.74, 6) is -0.321. The number of fused-ring (bicyclic) bond motifs is 2. The van der Waals surface area contributed by atoms with Crippen LogP contribution in [0, 0.1) is 0 Å². The third-order valence-corrected chi connectivity index (χ3v) is 5.30. The van der Waals surface area contributed by atoms with E-state index in [4.69, 9.17) is 4.52 Å². The third-order valence-electron chi connectivity index (χ3n) is 4.81. The predicted octanol–water partition coefficient (Wildman–Crippen LogP) is 6.17. The molecule has 5 rings (SSSR count). The number of carboxylic acid groups (broad SMARTS) is 1. The molecule has 5 aromatic rings. The molecule has 0 radical (unpaired) electrons. The lowest BCUT2D eigenvalue weighted by Crippen LogP contribution is -2.00. The van der Waals surface area contributed by atoms with Gasteiger partial charge in [-0.05, 0) is 36.4 Å². The van der Waals surface area contributed by atoms with Gasteiger partial charge in [-0.3, -0.25) is 0 Å². The first-order valence-corrected chi connectivity index (χ1v) is 9.68. The van der Waals surface area contributed by atoms with Gasteiger partial charge in [0.1, 0.15) is 5.52 Å². The number of carbonyl (C=O) groups is 1. The second kappa shape index (κ2) is 6.83. The number of rotatable bonds is 3. The molecule has 29 heavy (non-hydrogen) atoms. The molecule has 0 aliphatic rings. The number of hydrogen-bond acceptors (Lipinski definition) is 4. The molecule has 0 saturated carbocycles. The maximum absolute atomic E-state index is 11.9. The van der Waals surface area contributed by atoms with Crippen molar-refractivity contribution in [2.45, 2.75) is 0 Å². The number of pyridine rings is 1. The number of halogens is 1. The Morgan fingerprint density at radius 3 is 2.45 bits per heavy atom. The predicted molar refractivity (Wildman–Crippen MR) is 115 cm³/mol. The van der Waals surface area contributed by atoms with Crippen LogP contribution in [0.2, 0.25) is 0 Å². The van der Waals surface area contributed by atoms with E-state index in [0.29, 0.717) is 22.4 Å². The SMILES string of the molecule is O=C(O)c1cc(-c2ccc3noc(-c4ccccc4)c3c2)nc2ccc(Br)cc12. The highest BCUT2D eigenvalue weighted by Crippen LogP contribution is 2.33. The number of benzene rings is 3. The standard InChI is InChI=1S/C23H13BrN2O3/c24-15-7-9-19-16(11-15)17(23(27)28)12-21(25-19)14-6-8-20-18(10-14)22(29-26-20)13-4-2-1-3-5-13/h1-12H,(H,27,28). The van der Waals surface area contributed by atoms with Gasteiger partial charge in [0, 0.05) is 21.0 Å². The quantitative estimate of drug-likeness (QED) is 0.359. The maximum atomic E-state index is 11.9. The van der Waals surface area contributed by atoms with Crippen molar-refractivity contribution in [3.8, 4) is 22.6 Å². The van der Waals surface area contributed by atoms with Crippen molar-refractivity contribution in [3.05, 3.63) is 82.8 Å². The Kier molecular flexibility index (Phi) is 4.14. The fourth-order valence-corrected chi connectivity index (χ4v) is 3.78. The molecule has 2 heterocycles. The van der Waals surface area contributed by atoms with E-state index in [-0.39, 0.29) is 5.56 Å². The summed E-state index contributed by atoms with van der Waals surface area (Å²) in [5, 5.41) is 15.3. The van der Waals surface area contributed by atoms with Gasteiger partial charge < -0.3 is 9.63 Å². The lowest BCUT2D eigenvalue weighted by atomic mass is 10.0. The zero-order valence-corrected chi connectivity index (χ0v) is 16.6. The van der Waals surface area contributed by atoms with E-state index in [9.17, 15) is 9.90 Å². The van der Waals surface area contributed by atoms with Crippen LogP contribution in [0.1, 0.15) is 10.4 Å². The summed E-state index contributed by atoms with van der Waals surface area (Å²) in [6.45, 7) is 0. The average Bonchev–Trinajstić information content (AvgIpc) is 3.16. The highest BCUT2D eigenvalue weighted by atomic mass is 79.9. The van der Waals surface area contributed by atoms with Gasteiger partial charge in [0.05, 0.1) is 22.2 Å². The van der Waals surface area contributed by atoms with Gasteiger partial charge in [-0.1, -0.05) is 57.5 Å². The molecule has 6 heteroatoms. The van der Waals surface area contributed by atoms with Gasteiger partial charge in [-0.2, -0.15) is 0 Å². The van der Waals surface area contributed by atoms with Crippen molar-refractivity contribution in [2.24, 2.45) is 0 Å². The number of hydrogen-bond donors (Lipinski definition) is 1. The van der Waals surface area contributed by atoms with E-state index in [2.05, 4.69) is 26.1 Å². The second-order valence-electron chi connectivity index (χ2n) is 6.63. The van der Waals surface area contributed by atoms with Gasteiger partial charge in [-0.25, -0.2) is 9.78 Å². The minimum Gasteiger partial charge on any atom is -0.478 e. The first-order valence-electron chi connectivity index (χ1n) is 8.89. The van der Waals surface area contributed by atoms with Crippen LogP contribution < -0.4 is 0 Å². The summed E-state index contributed by atoms with van der Waals surface area (Å²) in [5.41, 5.74) is 3.87. The maximum Gasteiger partial charge on any atom is 0.336 e. The smallest absolute Gasteiger partial charge is 0.336 e. The van der Waals surface area contributed by atoms with Crippen LogP contribution in [0.15, 0.2) is 81.8 Å². The molecular formula is C23H13BrN2O3. The summed E-state index contributed by atoms with van der Waals surface area (Å²) in [6, 6.07) is 22.4. The number of aromatic nitrogens is 2.